The highest BCUT2D eigenvalue weighted by molar-refractivity contribution is 5.76. The summed E-state index contributed by atoms with van der Waals surface area (Å²) in [7, 11) is 3.42. The molecule has 1 saturated heterocycles. The standard InChI is InChI=1S/C22H28N6O3/c1-25-21-19(14-24-25)22(30)28(16-23-21)11-8-20(29)27-10-3-9-26(12-13-27)15-17-4-6-18(31-2)7-5-17/h4-7,14,16H,3,8-13,15H2,1-2H3. The fraction of sp³-hybridized carbons (Fsp3) is 0.455. The molecular formula is C22H28N6O3. The minimum absolute atomic E-state index is 0.0736. The van der Waals surface area contributed by atoms with Gasteiger partial charge in [0.1, 0.15) is 11.1 Å². The summed E-state index contributed by atoms with van der Waals surface area (Å²) in [5.74, 6) is 0.929. The molecule has 0 saturated carbocycles. The van der Waals surface area contributed by atoms with E-state index < -0.39 is 0 Å². The highest BCUT2D eigenvalue weighted by atomic mass is 16.5. The van der Waals surface area contributed by atoms with Crippen molar-refractivity contribution in [1.29, 1.82) is 0 Å². The van der Waals surface area contributed by atoms with Gasteiger partial charge in [-0.3, -0.25) is 23.7 Å². The van der Waals surface area contributed by atoms with Crippen molar-refractivity contribution in [2.75, 3.05) is 33.3 Å². The van der Waals surface area contributed by atoms with Crippen molar-refractivity contribution < 1.29 is 9.53 Å². The van der Waals surface area contributed by atoms with Crippen LogP contribution in [0.15, 0.2) is 41.6 Å². The molecule has 1 fully saturated rings. The molecule has 0 radical (unpaired) electrons. The summed E-state index contributed by atoms with van der Waals surface area (Å²) in [6.07, 6.45) is 4.24. The number of amides is 1. The Morgan fingerprint density at radius 1 is 1.13 bits per heavy atom. The molecule has 9 heteroatoms. The zero-order valence-corrected chi connectivity index (χ0v) is 18.0. The molecule has 1 aliphatic heterocycles. The van der Waals surface area contributed by atoms with Gasteiger partial charge < -0.3 is 9.64 Å². The second kappa shape index (κ2) is 9.30. The lowest BCUT2D eigenvalue weighted by atomic mass is 10.2. The number of fused-ring (bicyclic) bond motifs is 1. The zero-order chi connectivity index (χ0) is 21.8. The number of nitrogens with zero attached hydrogens (tertiary/aromatic N) is 6. The minimum Gasteiger partial charge on any atom is -0.497 e. The maximum atomic E-state index is 12.8. The third-order valence-corrected chi connectivity index (χ3v) is 5.79. The lowest BCUT2D eigenvalue weighted by Crippen LogP contribution is -2.36. The van der Waals surface area contributed by atoms with Gasteiger partial charge in [0.25, 0.3) is 5.56 Å². The quantitative estimate of drug-likeness (QED) is 0.592. The Morgan fingerprint density at radius 2 is 1.94 bits per heavy atom. The Balaban J connectivity index is 1.31. The number of aromatic nitrogens is 4. The second-order valence-electron chi connectivity index (χ2n) is 7.86. The minimum atomic E-state index is -0.160. The van der Waals surface area contributed by atoms with Gasteiger partial charge in [0, 0.05) is 52.7 Å². The molecule has 3 heterocycles. The van der Waals surface area contributed by atoms with E-state index in [1.165, 1.54) is 22.7 Å². The zero-order valence-electron chi connectivity index (χ0n) is 18.0. The summed E-state index contributed by atoms with van der Waals surface area (Å²) < 4.78 is 8.28. The number of aryl methyl sites for hydroxylation is 2. The van der Waals surface area contributed by atoms with Crippen LogP contribution in [-0.2, 0) is 24.9 Å². The molecule has 1 aliphatic rings. The van der Waals surface area contributed by atoms with Gasteiger partial charge in [-0.15, -0.1) is 0 Å². The highest BCUT2D eigenvalue weighted by Crippen LogP contribution is 2.14. The van der Waals surface area contributed by atoms with Crippen molar-refractivity contribution in [3.63, 3.8) is 0 Å². The number of hydrogen-bond acceptors (Lipinski definition) is 6. The van der Waals surface area contributed by atoms with E-state index in [-0.39, 0.29) is 17.9 Å². The first-order valence-corrected chi connectivity index (χ1v) is 10.6. The first-order chi connectivity index (χ1) is 15.0. The van der Waals surface area contributed by atoms with Crippen LogP contribution in [0.1, 0.15) is 18.4 Å². The largest absolute Gasteiger partial charge is 0.497 e. The van der Waals surface area contributed by atoms with Gasteiger partial charge in [0.15, 0.2) is 5.65 Å². The Hall–Kier alpha value is -3.20. The third kappa shape index (κ3) is 4.77. The second-order valence-corrected chi connectivity index (χ2v) is 7.86. The van der Waals surface area contributed by atoms with Gasteiger partial charge in [-0.05, 0) is 24.1 Å². The summed E-state index contributed by atoms with van der Waals surface area (Å²) >= 11 is 0. The molecule has 0 spiro atoms. The first kappa shape index (κ1) is 21.0. The number of carbonyl (C=O) groups is 1. The molecule has 0 N–H and O–H groups in total. The van der Waals surface area contributed by atoms with Crippen LogP contribution in [0, 0.1) is 0 Å². The third-order valence-electron chi connectivity index (χ3n) is 5.79. The van der Waals surface area contributed by atoms with E-state index in [2.05, 4.69) is 27.1 Å². The smallest absolute Gasteiger partial charge is 0.264 e. The topological polar surface area (TPSA) is 85.5 Å². The van der Waals surface area contributed by atoms with Crippen molar-refractivity contribution in [2.24, 2.45) is 7.05 Å². The normalized spacial score (nSPS) is 15.2. The monoisotopic (exact) mass is 424 g/mol. The van der Waals surface area contributed by atoms with E-state index in [4.69, 9.17) is 4.74 Å². The highest BCUT2D eigenvalue weighted by Gasteiger charge is 2.19. The average molecular weight is 425 g/mol. The number of carbonyl (C=O) groups excluding carboxylic acids is 1. The number of rotatable bonds is 6. The van der Waals surface area contributed by atoms with E-state index >= 15 is 0 Å². The van der Waals surface area contributed by atoms with Crippen molar-refractivity contribution in [3.05, 3.63) is 52.7 Å². The van der Waals surface area contributed by atoms with Gasteiger partial charge in [-0.2, -0.15) is 5.10 Å². The average Bonchev–Trinajstić information content (AvgIpc) is 3.01. The van der Waals surface area contributed by atoms with Gasteiger partial charge >= 0.3 is 0 Å². The molecule has 1 aromatic carbocycles. The molecule has 9 nitrogen and oxygen atoms in total. The Bertz CT molecular complexity index is 1100. The van der Waals surface area contributed by atoms with E-state index in [1.54, 1.807) is 18.8 Å². The molecule has 0 aliphatic carbocycles. The van der Waals surface area contributed by atoms with E-state index in [0.717, 1.165) is 38.3 Å². The van der Waals surface area contributed by atoms with Crippen LogP contribution < -0.4 is 10.3 Å². The van der Waals surface area contributed by atoms with Crippen molar-refractivity contribution in [2.45, 2.75) is 25.9 Å². The van der Waals surface area contributed by atoms with E-state index in [1.807, 2.05) is 17.0 Å². The lowest BCUT2D eigenvalue weighted by Gasteiger charge is -2.22. The summed E-state index contributed by atoms with van der Waals surface area (Å²) in [6, 6.07) is 8.11. The fourth-order valence-corrected chi connectivity index (χ4v) is 3.97. The molecule has 31 heavy (non-hydrogen) atoms. The lowest BCUT2D eigenvalue weighted by molar-refractivity contribution is -0.131. The molecule has 0 unspecified atom stereocenters. The van der Waals surface area contributed by atoms with Crippen molar-refractivity contribution >= 4 is 16.9 Å². The first-order valence-electron chi connectivity index (χ1n) is 10.6. The molecular weight excluding hydrogens is 396 g/mol. The number of hydrogen-bond donors (Lipinski definition) is 0. The molecule has 2 aromatic heterocycles. The molecule has 0 atom stereocenters. The van der Waals surface area contributed by atoms with E-state index in [0.29, 0.717) is 24.1 Å². The molecule has 164 valence electrons. The Kier molecular flexibility index (Phi) is 6.31. The summed E-state index contributed by atoms with van der Waals surface area (Å²) in [5, 5.41) is 4.55. The van der Waals surface area contributed by atoms with Gasteiger partial charge in [-0.1, -0.05) is 12.1 Å². The summed E-state index contributed by atoms with van der Waals surface area (Å²) in [4.78, 5) is 33.9. The summed E-state index contributed by atoms with van der Waals surface area (Å²) in [5.41, 5.74) is 1.63. The maximum Gasteiger partial charge on any atom is 0.264 e. The van der Waals surface area contributed by atoms with Crippen LogP contribution >= 0.6 is 0 Å². The van der Waals surface area contributed by atoms with E-state index in [9.17, 15) is 9.59 Å². The van der Waals surface area contributed by atoms with Crippen LogP contribution in [0.25, 0.3) is 11.0 Å². The summed E-state index contributed by atoms with van der Waals surface area (Å²) in [6.45, 7) is 4.41. The fourth-order valence-electron chi connectivity index (χ4n) is 3.97. The molecule has 3 aromatic rings. The molecule has 1 amide bonds. The number of methoxy groups -OCH3 is 1. The van der Waals surface area contributed by atoms with Crippen molar-refractivity contribution in [3.8, 4) is 5.75 Å². The van der Waals surface area contributed by atoms with Gasteiger partial charge in [-0.25, -0.2) is 4.98 Å². The molecule has 4 rings (SSSR count). The van der Waals surface area contributed by atoms with Gasteiger partial charge in [0.05, 0.1) is 19.6 Å². The number of ether oxygens (including phenoxy) is 1. The van der Waals surface area contributed by atoms with Crippen LogP contribution in [0.3, 0.4) is 0 Å². The van der Waals surface area contributed by atoms with Crippen molar-refractivity contribution in [1.82, 2.24) is 29.1 Å². The maximum absolute atomic E-state index is 12.8. The van der Waals surface area contributed by atoms with Crippen LogP contribution in [0.5, 0.6) is 5.75 Å². The Morgan fingerprint density at radius 3 is 2.71 bits per heavy atom. The van der Waals surface area contributed by atoms with Crippen LogP contribution in [0.2, 0.25) is 0 Å². The predicted molar refractivity (Wildman–Crippen MR) is 117 cm³/mol. The molecule has 0 bridgehead atoms. The predicted octanol–water partition coefficient (Wildman–Crippen LogP) is 1.26. The SMILES string of the molecule is COc1ccc(CN2CCCN(C(=O)CCn3cnc4c(cnn4C)c3=O)CC2)cc1. The van der Waals surface area contributed by atoms with Crippen LogP contribution in [-0.4, -0.2) is 68.3 Å². The Labute approximate surface area is 180 Å². The number of benzene rings is 1. The van der Waals surface area contributed by atoms with Gasteiger partial charge in [0.2, 0.25) is 5.91 Å². The van der Waals surface area contributed by atoms with Crippen LogP contribution in [0.4, 0.5) is 0 Å².